The van der Waals surface area contributed by atoms with Crippen molar-refractivity contribution in [3.63, 3.8) is 0 Å². The summed E-state index contributed by atoms with van der Waals surface area (Å²) < 4.78 is 11.4. The molecule has 1 aliphatic heterocycles. The number of ether oxygens (including phenoxy) is 2. The molecule has 2 atom stereocenters. The molecule has 2 aliphatic rings. The molecule has 76 valence electrons. The molecule has 0 bridgehead atoms. The second kappa shape index (κ2) is 3.56. The smallest absolute Gasteiger partial charge is 0.168 e. The SMILES string of the molecule is CNC1CCC2(CC1C)OCCO2. The summed E-state index contributed by atoms with van der Waals surface area (Å²) in [6, 6.07) is 0.637. The quantitative estimate of drug-likeness (QED) is 0.664. The highest BCUT2D eigenvalue weighted by atomic mass is 16.7. The predicted octanol–water partition coefficient (Wildman–Crippen LogP) is 1.14. The normalized spacial score (nSPS) is 38.3. The summed E-state index contributed by atoms with van der Waals surface area (Å²) in [7, 11) is 2.04. The first-order chi connectivity index (χ1) is 6.26. The van der Waals surface area contributed by atoms with Crippen LogP contribution in [0.4, 0.5) is 0 Å². The minimum absolute atomic E-state index is 0.216. The first kappa shape index (κ1) is 9.44. The van der Waals surface area contributed by atoms with Crippen molar-refractivity contribution in [2.24, 2.45) is 5.92 Å². The van der Waals surface area contributed by atoms with Crippen LogP contribution in [0.15, 0.2) is 0 Å². The maximum atomic E-state index is 5.69. The minimum atomic E-state index is -0.216. The van der Waals surface area contributed by atoms with Crippen molar-refractivity contribution in [2.75, 3.05) is 20.3 Å². The summed E-state index contributed by atoms with van der Waals surface area (Å²) in [5.41, 5.74) is 0. The summed E-state index contributed by atoms with van der Waals surface area (Å²) in [6.07, 6.45) is 3.25. The maximum Gasteiger partial charge on any atom is 0.168 e. The minimum Gasteiger partial charge on any atom is -0.348 e. The molecule has 2 unspecified atom stereocenters. The standard InChI is InChI=1S/C10H19NO2/c1-8-7-10(12-5-6-13-10)4-3-9(8)11-2/h8-9,11H,3-7H2,1-2H3. The molecule has 1 saturated heterocycles. The molecule has 13 heavy (non-hydrogen) atoms. The van der Waals surface area contributed by atoms with Crippen molar-refractivity contribution < 1.29 is 9.47 Å². The molecule has 1 heterocycles. The first-order valence-electron chi connectivity index (χ1n) is 5.21. The van der Waals surface area contributed by atoms with E-state index in [1.165, 1.54) is 0 Å². The van der Waals surface area contributed by atoms with Gasteiger partial charge in [-0.3, -0.25) is 0 Å². The van der Waals surface area contributed by atoms with E-state index in [2.05, 4.69) is 12.2 Å². The van der Waals surface area contributed by atoms with Gasteiger partial charge >= 0.3 is 0 Å². The van der Waals surface area contributed by atoms with Gasteiger partial charge in [-0.2, -0.15) is 0 Å². The van der Waals surface area contributed by atoms with E-state index in [0.29, 0.717) is 12.0 Å². The van der Waals surface area contributed by atoms with Crippen LogP contribution in [0.1, 0.15) is 26.2 Å². The molecule has 1 spiro atoms. The van der Waals surface area contributed by atoms with Gasteiger partial charge in [-0.25, -0.2) is 0 Å². The molecule has 1 saturated carbocycles. The van der Waals surface area contributed by atoms with E-state index in [-0.39, 0.29) is 5.79 Å². The van der Waals surface area contributed by atoms with Crippen molar-refractivity contribution in [3.05, 3.63) is 0 Å². The van der Waals surface area contributed by atoms with Crippen LogP contribution in [0.5, 0.6) is 0 Å². The average molecular weight is 185 g/mol. The molecule has 0 amide bonds. The lowest BCUT2D eigenvalue weighted by molar-refractivity contribution is -0.189. The van der Waals surface area contributed by atoms with Crippen LogP contribution >= 0.6 is 0 Å². The average Bonchev–Trinajstić information content (AvgIpc) is 2.54. The topological polar surface area (TPSA) is 30.5 Å². The van der Waals surface area contributed by atoms with E-state index in [1.807, 2.05) is 7.05 Å². The van der Waals surface area contributed by atoms with Crippen molar-refractivity contribution in [1.29, 1.82) is 0 Å². The fourth-order valence-electron chi connectivity index (χ4n) is 2.58. The van der Waals surface area contributed by atoms with Gasteiger partial charge in [-0.1, -0.05) is 6.92 Å². The monoisotopic (exact) mass is 185 g/mol. The van der Waals surface area contributed by atoms with Crippen LogP contribution in [0.2, 0.25) is 0 Å². The lowest BCUT2D eigenvalue weighted by Crippen LogP contribution is -2.45. The van der Waals surface area contributed by atoms with Gasteiger partial charge in [0.25, 0.3) is 0 Å². The van der Waals surface area contributed by atoms with Crippen molar-refractivity contribution in [2.45, 2.75) is 38.0 Å². The second-order valence-electron chi connectivity index (χ2n) is 4.22. The fraction of sp³-hybridized carbons (Fsp3) is 1.00. The van der Waals surface area contributed by atoms with Gasteiger partial charge < -0.3 is 14.8 Å². The van der Waals surface area contributed by atoms with Crippen LogP contribution in [-0.2, 0) is 9.47 Å². The third kappa shape index (κ3) is 1.73. The molecule has 3 nitrogen and oxygen atoms in total. The van der Waals surface area contributed by atoms with E-state index in [1.54, 1.807) is 0 Å². The Kier molecular flexibility index (Phi) is 2.58. The van der Waals surface area contributed by atoms with E-state index >= 15 is 0 Å². The maximum absolute atomic E-state index is 5.69. The van der Waals surface area contributed by atoms with Crippen LogP contribution in [0.3, 0.4) is 0 Å². The molecule has 0 radical (unpaired) electrons. The largest absolute Gasteiger partial charge is 0.348 e. The van der Waals surface area contributed by atoms with Crippen LogP contribution in [0, 0.1) is 5.92 Å². The fourth-order valence-corrected chi connectivity index (χ4v) is 2.58. The Morgan fingerprint density at radius 3 is 2.54 bits per heavy atom. The molecule has 2 rings (SSSR count). The highest BCUT2D eigenvalue weighted by Crippen LogP contribution is 2.38. The number of hydrogen-bond acceptors (Lipinski definition) is 3. The Hall–Kier alpha value is -0.120. The molecule has 1 N–H and O–H groups in total. The zero-order valence-corrected chi connectivity index (χ0v) is 8.51. The third-order valence-electron chi connectivity index (χ3n) is 3.34. The highest BCUT2D eigenvalue weighted by molar-refractivity contribution is 4.88. The van der Waals surface area contributed by atoms with Gasteiger partial charge in [0.2, 0.25) is 0 Å². The molecular formula is C10H19NO2. The van der Waals surface area contributed by atoms with E-state index in [9.17, 15) is 0 Å². The Morgan fingerprint density at radius 1 is 1.31 bits per heavy atom. The van der Waals surface area contributed by atoms with E-state index in [4.69, 9.17) is 9.47 Å². The lowest BCUT2D eigenvalue weighted by Gasteiger charge is -2.39. The predicted molar refractivity (Wildman–Crippen MR) is 50.5 cm³/mol. The zero-order chi connectivity index (χ0) is 9.31. The van der Waals surface area contributed by atoms with Gasteiger partial charge in [-0.05, 0) is 19.4 Å². The van der Waals surface area contributed by atoms with Crippen molar-refractivity contribution in [1.82, 2.24) is 5.32 Å². The van der Waals surface area contributed by atoms with Gasteiger partial charge in [-0.15, -0.1) is 0 Å². The van der Waals surface area contributed by atoms with E-state index in [0.717, 1.165) is 32.5 Å². The number of rotatable bonds is 1. The Morgan fingerprint density at radius 2 is 2.00 bits per heavy atom. The third-order valence-corrected chi connectivity index (χ3v) is 3.34. The Labute approximate surface area is 79.8 Å². The van der Waals surface area contributed by atoms with Crippen molar-refractivity contribution >= 4 is 0 Å². The summed E-state index contributed by atoms with van der Waals surface area (Å²) in [5.74, 6) is 0.434. The molecule has 2 fully saturated rings. The number of hydrogen-bond donors (Lipinski definition) is 1. The molecular weight excluding hydrogens is 166 g/mol. The summed E-state index contributed by atoms with van der Waals surface area (Å²) >= 11 is 0. The molecule has 0 aromatic heterocycles. The summed E-state index contributed by atoms with van der Waals surface area (Å²) in [4.78, 5) is 0. The lowest BCUT2D eigenvalue weighted by atomic mass is 9.82. The van der Waals surface area contributed by atoms with Gasteiger partial charge in [0, 0.05) is 18.9 Å². The van der Waals surface area contributed by atoms with Crippen molar-refractivity contribution in [3.8, 4) is 0 Å². The Balaban J connectivity index is 1.97. The molecule has 1 aliphatic carbocycles. The number of nitrogens with one attached hydrogen (secondary N) is 1. The summed E-state index contributed by atoms with van der Waals surface area (Å²) in [5, 5.41) is 3.35. The first-order valence-corrected chi connectivity index (χ1v) is 5.21. The molecule has 0 aromatic carbocycles. The van der Waals surface area contributed by atoms with Gasteiger partial charge in [0.05, 0.1) is 13.2 Å². The zero-order valence-electron chi connectivity index (χ0n) is 8.51. The highest BCUT2D eigenvalue weighted by Gasteiger charge is 2.43. The van der Waals surface area contributed by atoms with Crippen LogP contribution < -0.4 is 5.32 Å². The van der Waals surface area contributed by atoms with Crippen LogP contribution in [0.25, 0.3) is 0 Å². The van der Waals surface area contributed by atoms with E-state index < -0.39 is 0 Å². The molecule has 0 aromatic rings. The summed E-state index contributed by atoms with van der Waals surface area (Å²) in [6.45, 7) is 3.82. The Bertz CT molecular complexity index is 178. The van der Waals surface area contributed by atoms with Crippen LogP contribution in [-0.4, -0.2) is 32.1 Å². The molecule has 3 heteroatoms. The second-order valence-corrected chi connectivity index (χ2v) is 4.22. The van der Waals surface area contributed by atoms with Gasteiger partial charge in [0.15, 0.2) is 5.79 Å². The van der Waals surface area contributed by atoms with Gasteiger partial charge in [0.1, 0.15) is 0 Å².